The first-order valence-corrected chi connectivity index (χ1v) is 8.10. The van der Waals surface area contributed by atoms with Crippen LogP contribution in [0, 0.1) is 0 Å². The minimum atomic E-state index is -0.294. The highest BCUT2D eigenvalue weighted by Gasteiger charge is 2.45. The van der Waals surface area contributed by atoms with Gasteiger partial charge >= 0.3 is 0 Å². The molecule has 1 amide bonds. The number of carbonyl (C=O) groups excluding carboxylic acids is 1. The summed E-state index contributed by atoms with van der Waals surface area (Å²) in [6.45, 7) is 1.93. The van der Waals surface area contributed by atoms with E-state index in [1.165, 1.54) is 12.5 Å². The quantitative estimate of drug-likeness (QED) is 0.908. The van der Waals surface area contributed by atoms with Crippen LogP contribution in [0.5, 0.6) is 0 Å². The molecular weight excluding hydrogens is 310 g/mol. The Morgan fingerprint density at radius 1 is 1.38 bits per heavy atom. The molecule has 126 valence electrons. The van der Waals surface area contributed by atoms with E-state index in [2.05, 4.69) is 20.4 Å². The maximum absolute atomic E-state index is 12.4. The monoisotopic (exact) mass is 329 g/mol. The molecule has 2 aromatic rings. The van der Waals surface area contributed by atoms with Crippen molar-refractivity contribution in [1.29, 1.82) is 0 Å². The summed E-state index contributed by atoms with van der Waals surface area (Å²) >= 11 is 0. The standard InChI is InChI=1S/C16H19N5O3/c22-14(12-9-19-24-10-12)21-6-3-16(11-21)8-13(2-7-23-16)20-15-17-4-1-5-18-15/h1,4-5,9-10,13H,2-3,6-8,11H2,(H,17,18,20)/t13-,16+/m0/s1. The molecular formula is C16H19N5O3. The molecule has 0 saturated carbocycles. The highest BCUT2D eigenvalue weighted by molar-refractivity contribution is 5.93. The molecule has 0 aromatic carbocycles. The predicted molar refractivity (Wildman–Crippen MR) is 84.4 cm³/mol. The lowest BCUT2D eigenvalue weighted by atomic mass is 9.89. The van der Waals surface area contributed by atoms with E-state index in [-0.39, 0.29) is 17.6 Å². The second-order valence-corrected chi connectivity index (χ2v) is 6.33. The van der Waals surface area contributed by atoms with Gasteiger partial charge in [-0.3, -0.25) is 4.79 Å². The van der Waals surface area contributed by atoms with Crippen LogP contribution in [-0.2, 0) is 4.74 Å². The maximum Gasteiger partial charge on any atom is 0.258 e. The molecule has 0 aliphatic carbocycles. The summed E-state index contributed by atoms with van der Waals surface area (Å²) in [4.78, 5) is 22.7. The van der Waals surface area contributed by atoms with Crippen LogP contribution in [0.2, 0.25) is 0 Å². The third kappa shape index (κ3) is 2.96. The SMILES string of the molecule is O=C(c1cnoc1)N1CC[C@@]2(C[C@@H](Nc3ncccn3)CCO2)C1. The smallest absolute Gasteiger partial charge is 0.258 e. The van der Waals surface area contributed by atoms with Crippen molar-refractivity contribution in [2.75, 3.05) is 25.0 Å². The average Bonchev–Trinajstić information content (AvgIpc) is 3.26. The van der Waals surface area contributed by atoms with Gasteiger partial charge in [0.1, 0.15) is 6.26 Å². The summed E-state index contributed by atoms with van der Waals surface area (Å²) in [5.74, 6) is 0.577. The van der Waals surface area contributed by atoms with Gasteiger partial charge in [0.15, 0.2) is 0 Å². The van der Waals surface area contributed by atoms with E-state index in [9.17, 15) is 4.79 Å². The number of amides is 1. The fourth-order valence-corrected chi connectivity index (χ4v) is 3.50. The lowest BCUT2D eigenvalue weighted by Crippen LogP contribution is -2.47. The van der Waals surface area contributed by atoms with Crippen molar-refractivity contribution in [1.82, 2.24) is 20.0 Å². The number of ether oxygens (including phenoxy) is 1. The van der Waals surface area contributed by atoms with Crippen LogP contribution in [0.1, 0.15) is 29.6 Å². The molecule has 2 fully saturated rings. The molecule has 2 aromatic heterocycles. The first-order chi connectivity index (χ1) is 11.7. The van der Waals surface area contributed by atoms with Gasteiger partial charge in [-0.15, -0.1) is 0 Å². The Morgan fingerprint density at radius 3 is 3.04 bits per heavy atom. The fourth-order valence-electron chi connectivity index (χ4n) is 3.50. The van der Waals surface area contributed by atoms with Gasteiger partial charge in [-0.25, -0.2) is 9.97 Å². The molecule has 8 nitrogen and oxygen atoms in total. The van der Waals surface area contributed by atoms with E-state index in [0.717, 1.165) is 19.3 Å². The lowest BCUT2D eigenvalue weighted by Gasteiger charge is -2.38. The second kappa shape index (κ2) is 6.20. The van der Waals surface area contributed by atoms with Crippen LogP contribution in [0.3, 0.4) is 0 Å². The Labute approximate surface area is 139 Å². The summed E-state index contributed by atoms with van der Waals surface area (Å²) in [6.07, 6.45) is 8.84. The van der Waals surface area contributed by atoms with Gasteiger partial charge in [0.25, 0.3) is 5.91 Å². The van der Waals surface area contributed by atoms with Crippen molar-refractivity contribution in [2.24, 2.45) is 0 Å². The Balaban J connectivity index is 1.41. The minimum absolute atomic E-state index is 0.0572. The molecule has 2 saturated heterocycles. The van der Waals surface area contributed by atoms with Gasteiger partial charge in [0, 0.05) is 31.6 Å². The Bertz CT molecular complexity index is 693. The number of nitrogens with one attached hydrogen (secondary N) is 1. The number of hydrogen-bond acceptors (Lipinski definition) is 7. The van der Waals surface area contributed by atoms with Gasteiger partial charge in [0.05, 0.1) is 23.9 Å². The van der Waals surface area contributed by atoms with Crippen molar-refractivity contribution < 1.29 is 14.1 Å². The number of rotatable bonds is 3. The Morgan fingerprint density at radius 2 is 2.25 bits per heavy atom. The fraction of sp³-hybridized carbons (Fsp3) is 0.500. The largest absolute Gasteiger partial charge is 0.373 e. The zero-order chi connectivity index (χ0) is 16.4. The average molecular weight is 329 g/mol. The predicted octanol–water partition coefficient (Wildman–Crippen LogP) is 1.34. The summed E-state index contributed by atoms with van der Waals surface area (Å²) in [5, 5.41) is 6.97. The van der Waals surface area contributed by atoms with Gasteiger partial charge < -0.3 is 19.5 Å². The van der Waals surface area contributed by atoms with Crippen molar-refractivity contribution >= 4 is 11.9 Å². The number of aromatic nitrogens is 3. The molecule has 2 aliphatic heterocycles. The van der Waals surface area contributed by atoms with Gasteiger partial charge in [-0.1, -0.05) is 5.16 Å². The number of anilines is 1. The topological polar surface area (TPSA) is 93.4 Å². The van der Waals surface area contributed by atoms with Gasteiger partial charge in [0.2, 0.25) is 5.95 Å². The van der Waals surface area contributed by atoms with Gasteiger partial charge in [-0.2, -0.15) is 0 Å². The molecule has 1 spiro atoms. The molecule has 8 heteroatoms. The highest BCUT2D eigenvalue weighted by atomic mass is 16.5. The minimum Gasteiger partial charge on any atom is -0.373 e. The highest BCUT2D eigenvalue weighted by Crippen LogP contribution is 2.35. The number of likely N-dealkylation sites (tertiary alicyclic amines) is 1. The molecule has 4 heterocycles. The third-order valence-electron chi connectivity index (χ3n) is 4.67. The molecule has 0 unspecified atom stereocenters. The Hall–Kier alpha value is -2.48. The molecule has 2 atom stereocenters. The van der Waals surface area contributed by atoms with Crippen LogP contribution in [0.25, 0.3) is 0 Å². The summed E-state index contributed by atoms with van der Waals surface area (Å²) in [5.41, 5.74) is 0.188. The lowest BCUT2D eigenvalue weighted by molar-refractivity contribution is -0.0721. The van der Waals surface area contributed by atoms with Crippen molar-refractivity contribution in [2.45, 2.75) is 30.9 Å². The maximum atomic E-state index is 12.4. The molecule has 0 radical (unpaired) electrons. The van der Waals surface area contributed by atoms with E-state index < -0.39 is 0 Å². The van der Waals surface area contributed by atoms with E-state index in [1.807, 2.05) is 4.90 Å². The summed E-state index contributed by atoms with van der Waals surface area (Å²) in [7, 11) is 0. The van der Waals surface area contributed by atoms with Crippen LogP contribution >= 0.6 is 0 Å². The van der Waals surface area contributed by atoms with E-state index in [4.69, 9.17) is 9.26 Å². The zero-order valence-electron chi connectivity index (χ0n) is 13.2. The molecule has 2 aliphatic rings. The van der Waals surface area contributed by atoms with E-state index in [0.29, 0.717) is 31.2 Å². The van der Waals surface area contributed by atoms with E-state index in [1.54, 1.807) is 18.5 Å². The van der Waals surface area contributed by atoms with Crippen LogP contribution in [-0.4, -0.2) is 57.3 Å². The normalized spacial score (nSPS) is 26.7. The summed E-state index contributed by atoms with van der Waals surface area (Å²) < 4.78 is 10.8. The Kier molecular flexibility index (Phi) is 3.89. The van der Waals surface area contributed by atoms with Crippen molar-refractivity contribution in [3.63, 3.8) is 0 Å². The number of nitrogens with zero attached hydrogens (tertiary/aromatic N) is 4. The first-order valence-electron chi connectivity index (χ1n) is 8.10. The number of carbonyl (C=O) groups is 1. The molecule has 4 rings (SSSR count). The third-order valence-corrected chi connectivity index (χ3v) is 4.67. The molecule has 24 heavy (non-hydrogen) atoms. The zero-order valence-corrected chi connectivity index (χ0v) is 13.2. The summed E-state index contributed by atoms with van der Waals surface area (Å²) in [6, 6.07) is 2.04. The van der Waals surface area contributed by atoms with Crippen LogP contribution < -0.4 is 5.32 Å². The van der Waals surface area contributed by atoms with Crippen LogP contribution in [0.15, 0.2) is 35.4 Å². The second-order valence-electron chi connectivity index (χ2n) is 6.33. The first kappa shape index (κ1) is 15.1. The van der Waals surface area contributed by atoms with Crippen molar-refractivity contribution in [3.05, 3.63) is 36.5 Å². The van der Waals surface area contributed by atoms with E-state index >= 15 is 0 Å². The van der Waals surface area contributed by atoms with Crippen LogP contribution in [0.4, 0.5) is 5.95 Å². The molecule has 1 N–H and O–H groups in total. The molecule has 0 bridgehead atoms. The van der Waals surface area contributed by atoms with Gasteiger partial charge in [-0.05, 0) is 25.3 Å². The van der Waals surface area contributed by atoms with Crippen molar-refractivity contribution in [3.8, 4) is 0 Å². The number of hydrogen-bond donors (Lipinski definition) is 1.